The summed E-state index contributed by atoms with van der Waals surface area (Å²) in [5.74, 6) is 0. The SMILES string of the molecule is O=P(O)(O)OC[C@H]1O[C@@H](n2cnc3c(Cl)ncnc32)[C@@H](O)C1O. The Kier molecular flexibility index (Phi) is 4.38. The van der Waals surface area contributed by atoms with Crippen LogP contribution in [0.3, 0.4) is 0 Å². The molecule has 0 bridgehead atoms. The maximum Gasteiger partial charge on any atom is 0.469 e. The highest BCUT2D eigenvalue weighted by atomic mass is 35.5. The van der Waals surface area contributed by atoms with Gasteiger partial charge in [-0.15, -0.1) is 0 Å². The van der Waals surface area contributed by atoms with E-state index in [4.69, 9.17) is 26.1 Å². The minimum absolute atomic E-state index is 0.114. The van der Waals surface area contributed by atoms with E-state index in [1.807, 2.05) is 0 Å². The van der Waals surface area contributed by atoms with Gasteiger partial charge < -0.3 is 24.7 Å². The van der Waals surface area contributed by atoms with Crippen LogP contribution in [0.15, 0.2) is 12.7 Å². The molecule has 126 valence electrons. The van der Waals surface area contributed by atoms with Gasteiger partial charge >= 0.3 is 7.82 Å². The second-order valence-corrected chi connectivity index (χ2v) is 6.42. The highest BCUT2D eigenvalue weighted by molar-refractivity contribution is 7.46. The van der Waals surface area contributed by atoms with Crippen molar-refractivity contribution in [3.05, 3.63) is 17.8 Å². The van der Waals surface area contributed by atoms with Gasteiger partial charge in [-0.1, -0.05) is 11.6 Å². The summed E-state index contributed by atoms with van der Waals surface area (Å²) in [6, 6.07) is 0. The van der Waals surface area contributed by atoms with Gasteiger partial charge in [-0.25, -0.2) is 19.5 Å². The number of aliphatic hydroxyl groups is 2. The Labute approximate surface area is 133 Å². The summed E-state index contributed by atoms with van der Waals surface area (Å²) in [6.07, 6.45) is -2.51. The number of nitrogens with zero attached hydrogens (tertiary/aromatic N) is 4. The molecule has 0 aliphatic carbocycles. The van der Waals surface area contributed by atoms with Crippen molar-refractivity contribution >= 4 is 30.6 Å². The number of phosphoric ester groups is 1. The van der Waals surface area contributed by atoms with E-state index < -0.39 is 39.0 Å². The van der Waals surface area contributed by atoms with Crippen molar-refractivity contribution in [2.75, 3.05) is 6.61 Å². The van der Waals surface area contributed by atoms with E-state index in [0.717, 1.165) is 0 Å². The molecule has 4 atom stereocenters. The molecule has 2 aromatic heterocycles. The highest BCUT2D eigenvalue weighted by Gasteiger charge is 2.45. The van der Waals surface area contributed by atoms with Gasteiger partial charge in [-0.05, 0) is 0 Å². The van der Waals surface area contributed by atoms with Gasteiger partial charge in [-0.3, -0.25) is 9.09 Å². The van der Waals surface area contributed by atoms with E-state index >= 15 is 0 Å². The molecule has 2 aromatic rings. The number of hydrogen-bond donors (Lipinski definition) is 4. The number of ether oxygens (including phenoxy) is 1. The second-order valence-electron chi connectivity index (χ2n) is 4.82. The molecule has 13 heteroatoms. The Balaban J connectivity index is 1.85. The van der Waals surface area contributed by atoms with Crippen LogP contribution in [0, 0.1) is 0 Å². The number of phosphoric acid groups is 1. The predicted molar refractivity (Wildman–Crippen MR) is 74.3 cm³/mol. The van der Waals surface area contributed by atoms with Crippen molar-refractivity contribution in [1.29, 1.82) is 0 Å². The topological polar surface area (TPSA) is 160 Å². The lowest BCUT2D eigenvalue weighted by Gasteiger charge is -2.16. The van der Waals surface area contributed by atoms with Gasteiger partial charge in [0.05, 0.1) is 12.9 Å². The first-order chi connectivity index (χ1) is 10.8. The summed E-state index contributed by atoms with van der Waals surface area (Å²) in [7, 11) is -4.72. The molecular weight excluding hydrogens is 355 g/mol. The van der Waals surface area contributed by atoms with Crippen molar-refractivity contribution in [2.24, 2.45) is 0 Å². The fraction of sp³-hybridized carbons (Fsp3) is 0.500. The van der Waals surface area contributed by atoms with Crippen molar-refractivity contribution in [2.45, 2.75) is 24.5 Å². The molecule has 23 heavy (non-hydrogen) atoms. The molecule has 1 unspecified atom stereocenters. The molecule has 3 rings (SSSR count). The minimum atomic E-state index is -4.72. The molecule has 0 radical (unpaired) electrons. The van der Waals surface area contributed by atoms with Gasteiger partial charge in [-0.2, -0.15) is 0 Å². The zero-order valence-electron chi connectivity index (χ0n) is 11.3. The summed E-state index contributed by atoms with van der Waals surface area (Å²) in [5, 5.41) is 20.2. The van der Waals surface area contributed by atoms with Crippen molar-refractivity contribution in [3.8, 4) is 0 Å². The monoisotopic (exact) mass is 366 g/mol. The maximum atomic E-state index is 10.7. The molecule has 0 aromatic carbocycles. The molecular formula is C10H12ClN4O7P. The summed E-state index contributed by atoms with van der Waals surface area (Å²) < 4.78 is 21.8. The largest absolute Gasteiger partial charge is 0.469 e. The lowest BCUT2D eigenvalue weighted by Crippen LogP contribution is -2.33. The molecule has 0 spiro atoms. The molecule has 1 aliphatic rings. The van der Waals surface area contributed by atoms with Crippen LogP contribution in [-0.4, -0.2) is 64.4 Å². The number of aromatic nitrogens is 4. The van der Waals surface area contributed by atoms with Crippen LogP contribution in [0.1, 0.15) is 6.23 Å². The number of fused-ring (bicyclic) bond motifs is 1. The summed E-state index contributed by atoms with van der Waals surface area (Å²) >= 11 is 5.88. The molecule has 1 fully saturated rings. The van der Waals surface area contributed by atoms with E-state index in [-0.39, 0.29) is 16.3 Å². The van der Waals surface area contributed by atoms with Crippen molar-refractivity contribution in [3.63, 3.8) is 0 Å². The highest BCUT2D eigenvalue weighted by Crippen LogP contribution is 2.38. The molecule has 11 nitrogen and oxygen atoms in total. The first-order valence-electron chi connectivity index (χ1n) is 6.32. The summed E-state index contributed by atoms with van der Waals surface area (Å²) in [5.41, 5.74) is 0.562. The van der Waals surface area contributed by atoms with Crippen LogP contribution in [0.4, 0.5) is 0 Å². The van der Waals surface area contributed by atoms with Crippen LogP contribution >= 0.6 is 19.4 Å². The second kappa shape index (κ2) is 6.04. The van der Waals surface area contributed by atoms with E-state index in [0.29, 0.717) is 0 Å². The molecule has 1 aliphatic heterocycles. The first kappa shape index (κ1) is 16.7. The Morgan fingerprint density at radius 2 is 2.04 bits per heavy atom. The zero-order chi connectivity index (χ0) is 16.8. The summed E-state index contributed by atoms with van der Waals surface area (Å²) in [6.45, 7) is -0.596. The summed E-state index contributed by atoms with van der Waals surface area (Å²) in [4.78, 5) is 29.2. The number of halogens is 1. The van der Waals surface area contributed by atoms with Crippen LogP contribution in [-0.2, 0) is 13.8 Å². The zero-order valence-corrected chi connectivity index (χ0v) is 12.9. The van der Waals surface area contributed by atoms with E-state index in [9.17, 15) is 14.8 Å². The van der Waals surface area contributed by atoms with Crippen LogP contribution < -0.4 is 0 Å². The van der Waals surface area contributed by atoms with Crippen LogP contribution in [0.2, 0.25) is 5.15 Å². The standard InChI is InChI=1S/C10H12ClN4O7P/c11-8-5-9(13-2-12-8)15(3-14-5)10-7(17)6(16)4(22-10)1-21-23(18,19)20/h2-4,6-7,10,16-17H,1H2,(H2,18,19,20)/t4-,6?,7+,10-/m1/s1. The lowest BCUT2D eigenvalue weighted by atomic mass is 10.1. The number of hydrogen-bond acceptors (Lipinski definition) is 8. The average Bonchev–Trinajstić information content (AvgIpc) is 3.01. The normalized spacial score (nSPS) is 28.6. The van der Waals surface area contributed by atoms with Gasteiger partial charge in [0.1, 0.15) is 30.2 Å². The van der Waals surface area contributed by atoms with Gasteiger partial charge in [0.15, 0.2) is 17.0 Å². The fourth-order valence-corrected chi connectivity index (χ4v) is 2.79. The fourth-order valence-electron chi connectivity index (χ4n) is 2.28. The molecule has 3 heterocycles. The number of rotatable bonds is 4. The third-order valence-electron chi connectivity index (χ3n) is 3.33. The Morgan fingerprint density at radius 3 is 2.74 bits per heavy atom. The van der Waals surface area contributed by atoms with E-state index in [1.165, 1.54) is 17.2 Å². The third kappa shape index (κ3) is 3.23. The average molecular weight is 367 g/mol. The maximum absolute atomic E-state index is 10.7. The first-order valence-corrected chi connectivity index (χ1v) is 8.23. The molecule has 1 saturated heterocycles. The molecule has 0 amide bonds. The quantitative estimate of drug-likeness (QED) is 0.398. The Morgan fingerprint density at radius 1 is 1.30 bits per heavy atom. The van der Waals surface area contributed by atoms with Crippen molar-refractivity contribution in [1.82, 2.24) is 19.5 Å². The van der Waals surface area contributed by atoms with E-state index in [2.05, 4.69) is 19.5 Å². The predicted octanol–water partition coefficient (Wildman–Crippen LogP) is -0.792. The van der Waals surface area contributed by atoms with Crippen LogP contribution in [0.25, 0.3) is 11.2 Å². The van der Waals surface area contributed by atoms with Gasteiger partial charge in [0, 0.05) is 0 Å². The van der Waals surface area contributed by atoms with Crippen LogP contribution in [0.5, 0.6) is 0 Å². The third-order valence-corrected chi connectivity index (χ3v) is 4.09. The van der Waals surface area contributed by atoms with Gasteiger partial charge in [0.25, 0.3) is 0 Å². The Hall–Kier alpha value is -1.17. The minimum Gasteiger partial charge on any atom is -0.387 e. The van der Waals surface area contributed by atoms with E-state index in [1.54, 1.807) is 0 Å². The molecule has 0 saturated carbocycles. The van der Waals surface area contributed by atoms with Gasteiger partial charge in [0.2, 0.25) is 0 Å². The Bertz CT molecular complexity index is 767. The lowest BCUT2D eigenvalue weighted by molar-refractivity contribution is -0.0504. The number of imidazole rings is 1. The molecule has 4 N–H and O–H groups in total. The van der Waals surface area contributed by atoms with Crippen molar-refractivity contribution < 1.29 is 33.8 Å². The smallest absolute Gasteiger partial charge is 0.387 e. The number of aliphatic hydroxyl groups excluding tert-OH is 2.